The lowest BCUT2D eigenvalue weighted by Gasteiger charge is -2.06. The van der Waals surface area contributed by atoms with Crippen molar-refractivity contribution in [2.24, 2.45) is 0 Å². The maximum atomic E-state index is 12.0. The number of aromatic nitrogens is 3. The number of hydrogen-bond acceptors (Lipinski definition) is 3. The van der Waals surface area contributed by atoms with Gasteiger partial charge < -0.3 is 4.98 Å². The lowest BCUT2D eigenvalue weighted by atomic mass is 10.1. The third-order valence-electron chi connectivity index (χ3n) is 3.42. The monoisotopic (exact) mass is 265 g/mol. The topological polar surface area (TPSA) is 58.6 Å². The summed E-state index contributed by atoms with van der Waals surface area (Å²) >= 11 is 0. The Balaban J connectivity index is 2.18. The molecule has 100 valence electrons. The maximum Gasteiger partial charge on any atom is 0.254 e. The van der Waals surface area contributed by atoms with Crippen molar-refractivity contribution in [3.63, 3.8) is 0 Å². The molecule has 0 atom stereocenters. The van der Waals surface area contributed by atoms with Crippen LogP contribution in [0, 0.1) is 6.92 Å². The molecule has 0 aliphatic heterocycles. The fourth-order valence-electron chi connectivity index (χ4n) is 2.35. The van der Waals surface area contributed by atoms with Gasteiger partial charge in [-0.15, -0.1) is 0 Å². The van der Waals surface area contributed by atoms with Crippen molar-refractivity contribution < 1.29 is 0 Å². The highest BCUT2D eigenvalue weighted by Crippen LogP contribution is 2.17. The van der Waals surface area contributed by atoms with Gasteiger partial charge in [-0.2, -0.15) is 0 Å². The van der Waals surface area contributed by atoms with Crippen LogP contribution in [-0.2, 0) is 6.42 Å². The van der Waals surface area contributed by atoms with Crippen molar-refractivity contribution in [2.45, 2.75) is 20.3 Å². The van der Waals surface area contributed by atoms with Crippen molar-refractivity contribution >= 4 is 10.9 Å². The molecule has 0 fully saturated rings. The largest absolute Gasteiger partial charge is 0.305 e. The van der Waals surface area contributed by atoms with E-state index in [1.807, 2.05) is 50.2 Å². The van der Waals surface area contributed by atoms with Crippen LogP contribution in [0.4, 0.5) is 0 Å². The third kappa shape index (κ3) is 2.09. The predicted molar refractivity (Wildman–Crippen MR) is 79.7 cm³/mol. The molecule has 0 unspecified atom stereocenters. The van der Waals surface area contributed by atoms with Gasteiger partial charge in [-0.05, 0) is 25.5 Å². The molecule has 0 saturated carbocycles. The van der Waals surface area contributed by atoms with Gasteiger partial charge in [0.2, 0.25) is 0 Å². The number of hydrogen-bond donors (Lipinski definition) is 1. The number of benzene rings is 1. The highest BCUT2D eigenvalue weighted by atomic mass is 16.1. The fraction of sp³-hybridized carbons (Fsp3) is 0.188. The molecule has 2 heterocycles. The van der Waals surface area contributed by atoms with E-state index in [9.17, 15) is 4.79 Å². The molecule has 0 spiro atoms. The Kier molecular flexibility index (Phi) is 3.06. The van der Waals surface area contributed by atoms with E-state index in [0.717, 1.165) is 22.2 Å². The molecule has 0 aliphatic carbocycles. The van der Waals surface area contributed by atoms with Crippen molar-refractivity contribution in [2.75, 3.05) is 0 Å². The Labute approximate surface area is 116 Å². The summed E-state index contributed by atoms with van der Waals surface area (Å²) in [5.41, 5.74) is 3.00. The minimum atomic E-state index is -0.0787. The van der Waals surface area contributed by atoms with Crippen LogP contribution in [0.3, 0.4) is 0 Å². The predicted octanol–water partition coefficient (Wildman–Crippen LogP) is 2.86. The van der Waals surface area contributed by atoms with Crippen molar-refractivity contribution in [3.05, 3.63) is 58.0 Å². The maximum absolute atomic E-state index is 12.0. The van der Waals surface area contributed by atoms with Gasteiger partial charge >= 0.3 is 0 Å². The lowest BCUT2D eigenvalue weighted by molar-refractivity contribution is 0.963. The Morgan fingerprint density at radius 3 is 2.65 bits per heavy atom. The first kappa shape index (κ1) is 12.5. The average molecular weight is 265 g/mol. The van der Waals surface area contributed by atoms with Crippen LogP contribution in [0.5, 0.6) is 0 Å². The van der Waals surface area contributed by atoms with Crippen molar-refractivity contribution in [3.8, 4) is 11.5 Å². The number of H-pyrrole nitrogens is 1. The first-order valence-electron chi connectivity index (χ1n) is 6.65. The number of nitrogens with one attached hydrogen (secondary N) is 1. The molecule has 2 aromatic heterocycles. The zero-order valence-electron chi connectivity index (χ0n) is 11.5. The minimum absolute atomic E-state index is 0.0787. The van der Waals surface area contributed by atoms with Crippen molar-refractivity contribution in [1.82, 2.24) is 15.0 Å². The molecule has 3 aromatic rings. The van der Waals surface area contributed by atoms with E-state index in [1.165, 1.54) is 0 Å². The number of nitrogens with zero attached hydrogens (tertiary/aromatic N) is 2. The molecular weight excluding hydrogens is 250 g/mol. The average Bonchev–Trinajstić information content (AvgIpc) is 2.46. The Hall–Kier alpha value is -2.49. The molecule has 0 saturated heterocycles. The van der Waals surface area contributed by atoms with E-state index < -0.39 is 0 Å². The highest BCUT2D eigenvalue weighted by Gasteiger charge is 2.09. The molecular formula is C16H15N3O. The molecule has 1 aromatic carbocycles. The van der Waals surface area contributed by atoms with E-state index in [1.54, 1.807) is 0 Å². The Bertz CT molecular complexity index is 836. The van der Waals surface area contributed by atoms with Crippen LogP contribution in [0.1, 0.15) is 18.2 Å². The summed E-state index contributed by atoms with van der Waals surface area (Å²) in [4.78, 5) is 23.8. The third-order valence-corrected chi connectivity index (χ3v) is 3.42. The van der Waals surface area contributed by atoms with Gasteiger partial charge in [-0.3, -0.25) is 4.79 Å². The standard InChI is InChI=1S/C16H15N3O/c1-3-12-10(2)17-15(19-16(12)20)14-9-8-11-6-4-5-7-13(11)18-14/h4-9H,3H2,1-2H3,(H,17,19,20). The number of pyridine rings is 1. The summed E-state index contributed by atoms with van der Waals surface area (Å²) in [6.45, 7) is 3.81. The Morgan fingerprint density at radius 2 is 1.90 bits per heavy atom. The fourth-order valence-corrected chi connectivity index (χ4v) is 2.35. The summed E-state index contributed by atoms with van der Waals surface area (Å²) in [7, 11) is 0. The van der Waals surface area contributed by atoms with Gasteiger partial charge in [0.05, 0.1) is 5.52 Å². The summed E-state index contributed by atoms with van der Waals surface area (Å²) in [6.07, 6.45) is 0.680. The van der Waals surface area contributed by atoms with Crippen LogP contribution in [0.2, 0.25) is 0 Å². The number of fused-ring (bicyclic) bond motifs is 1. The molecule has 20 heavy (non-hydrogen) atoms. The molecule has 0 aliphatic rings. The van der Waals surface area contributed by atoms with Gasteiger partial charge in [0.25, 0.3) is 5.56 Å². The number of para-hydroxylation sites is 1. The molecule has 4 nitrogen and oxygen atoms in total. The molecule has 4 heteroatoms. The second kappa shape index (κ2) is 4.89. The second-order valence-corrected chi connectivity index (χ2v) is 4.72. The molecule has 1 N–H and O–H groups in total. The van der Waals surface area contributed by atoms with Gasteiger partial charge in [0.1, 0.15) is 5.69 Å². The van der Waals surface area contributed by atoms with Crippen LogP contribution < -0.4 is 5.56 Å². The van der Waals surface area contributed by atoms with Gasteiger partial charge in [-0.25, -0.2) is 9.97 Å². The van der Waals surface area contributed by atoms with Gasteiger partial charge in [0, 0.05) is 16.6 Å². The number of aromatic amines is 1. The lowest BCUT2D eigenvalue weighted by Crippen LogP contribution is -2.17. The smallest absolute Gasteiger partial charge is 0.254 e. The normalized spacial score (nSPS) is 10.9. The number of rotatable bonds is 2. The zero-order valence-corrected chi connectivity index (χ0v) is 11.5. The van der Waals surface area contributed by atoms with Crippen molar-refractivity contribution in [1.29, 1.82) is 0 Å². The Morgan fingerprint density at radius 1 is 1.10 bits per heavy atom. The van der Waals surface area contributed by atoms with E-state index in [2.05, 4.69) is 15.0 Å². The summed E-state index contributed by atoms with van der Waals surface area (Å²) in [5, 5.41) is 1.07. The van der Waals surface area contributed by atoms with Crippen LogP contribution in [0.25, 0.3) is 22.4 Å². The zero-order chi connectivity index (χ0) is 14.1. The summed E-state index contributed by atoms with van der Waals surface area (Å²) in [6, 6.07) is 11.7. The second-order valence-electron chi connectivity index (χ2n) is 4.72. The van der Waals surface area contributed by atoms with E-state index in [0.29, 0.717) is 17.9 Å². The minimum Gasteiger partial charge on any atom is -0.305 e. The van der Waals surface area contributed by atoms with E-state index in [-0.39, 0.29) is 5.56 Å². The molecule has 0 radical (unpaired) electrons. The van der Waals surface area contributed by atoms with Gasteiger partial charge in [0.15, 0.2) is 5.82 Å². The van der Waals surface area contributed by atoms with Crippen LogP contribution in [-0.4, -0.2) is 15.0 Å². The van der Waals surface area contributed by atoms with Gasteiger partial charge in [-0.1, -0.05) is 31.2 Å². The van der Waals surface area contributed by atoms with E-state index in [4.69, 9.17) is 0 Å². The molecule has 0 amide bonds. The highest BCUT2D eigenvalue weighted by molar-refractivity contribution is 5.80. The molecule has 0 bridgehead atoms. The molecule has 3 rings (SSSR count). The van der Waals surface area contributed by atoms with Crippen LogP contribution >= 0.6 is 0 Å². The first-order chi connectivity index (χ1) is 9.69. The van der Waals surface area contributed by atoms with E-state index >= 15 is 0 Å². The first-order valence-corrected chi connectivity index (χ1v) is 6.65. The SMILES string of the molecule is CCc1c(C)nc(-c2ccc3ccccc3n2)[nH]c1=O. The summed E-state index contributed by atoms with van der Waals surface area (Å²) < 4.78 is 0. The summed E-state index contributed by atoms with van der Waals surface area (Å²) in [5.74, 6) is 0.524. The number of aryl methyl sites for hydroxylation is 1. The van der Waals surface area contributed by atoms with Crippen LogP contribution in [0.15, 0.2) is 41.2 Å². The quantitative estimate of drug-likeness (QED) is 0.775.